The van der Waals surface area contributed by atoms with Crippen LogP contribution in [0.1, 0.15) is 15.9 Å². The highest BCUT2D eigenvalue weighted by Crippen LogP contribution is 2.17. The Balaban J connectivity index is 1.57. The van der Waals surface area contributed by atoms with Gasteiger partial charge in [-0.15, -0.1) is 0 Å². The molecule has 0 aliphatic rings. The van der Waals surface area contributed by atoms with Crippen LogP contribution in [0.4, 0.5) is 0 Å². The van der Waals surface area contributed by atoms with Gasteiger partial charge in [0.15, 0.2) is 0 Å². The van der Waals surface area contributed by atoms with Gasteiger partial charge < -0.3 is 14.6 Å². The molecule has 122 valence electrons. The molecule has 4 nitrogen and oxygen atoms in total. The third kappa shape index (κ3) is 3.66. The molecule has 3 rings (SSSR count). The van der Waals surface area contributed by atoms with Crippen LogP contribution in [0, 0.1) is 0 Å². The van der Waals surface area contributed by atoms with E-state index in [4.69, 9.17) is 4.74 Å². The van der Waals surface area contributed by atoms with Gasteiger partial charge in [0.2, 0.25) is 0 Å². The van der Waals surface area contributed by atoms with Crippen molar-refractivity contribution in [2.75, 3.05) is 13.7 Å². The lowest BCUT2D eigenvalue weighted by atomic mass is 10.1. The fourth-order valence-electron chi connectivity index (χ4n) is 2.61. The minimum absolute atomic E-state index is 0.0658. The van der Waals surface area contributed by atoms with Crippen molar-refractivity contribution in [3.63, 3.8) is 0 Å². The molecule has 24 heavy (non-hydrogen) atoms. The van der Waals surface area contributed by atoms with Crippen LogP contribution in [0.15, 0.2) is 73.1 Å². The van der Waals surface area contributed by atoms with Gasteiger partial charge in [-0.05, 0) is 54.4 Å². The van der Waals surface area contributed by atoms with Crippen LogP contribution < -0.4 is 10.1 Å². The highest BCUT2D eigenvalue weighted by atomic mass is 16.5. The van der Waals surface area contributed by atoms with Gasteiger partial charge in [0.05, 0.1) is 7.11 Å². The second-order valence-electron chi connectivity index (χ2n) is 5.45. The predicted octanol–water partition coefficient (Wildman–Crippen LogP) is 3.46. The highest BCUT2D eigenvalue weighted by Gasteiger charge is 2.06. The summed E-state index contributed by atoms with van der Waals surface area (Å²) in [6.07, 6.45) is 4.68. The number of carbonyl (C=O) groups excluding carboxylic acids is 1. The number of benzene rings is 2. The molecule has 0 saturated heterocycles. The van der Waals surface area contributed by atoms with E-state index in [1.54, 1.807) is 7.11 Å². The van der Waals surface area contributed by atoms with Crippen molar-refractivity contribution in [3.8, 4) is 11.4 Å². The molecule has 0 atom stereocenters. The van der Waals surface area contributed by atoms with Crippen molar-refractivity contribution in [3.05, 3.63) is 84.2 Å². The van der Waals surface area contributed by atoms with E-state index in [1.807, 2.05) is 77.6 Å². The SMILES string of the molecule is COc1ccccc1CCNC(=O)c1ccc(-n2cccc2)cc1. The van der Waals surface area contributed by atoms with E-state index in [1.165, 1.54) is 0 Å². The number of aromatic nitrogens is 1. The summed E-state index contributed by atoms with van der Waals surface area (Å²) >= 11 is 0. The van der Waals surface area contributed by atoms with E-state index in [0.717, 1.165) is 23.4 Å². The second kappa shape index (κ2) is 7.51. The first-order chi connectivity index (χ1) is 11.8. The fourth-order valence-corrected chi connectivity index (χ4v) is 2.61. The Morgan fingerprint density at radius 3 is 2.42 bits per heavy atom. The summed E-state index contributed by atoms with van der Waals surface area (Å²) in [6.45, 7) is 0.568. The number of rotatable bonds is 6. The van der Waals surface area contributed by atoms with E-state index >= 15 is 0 Å². The number of carbonyl (C=O) groups is 1. The van der Waals surface area contributed by atoms with Crippen LogP contribution in [0.2, 0.25) is 0 Å². The van der Waals surface area contributed by atoms with Crippen molar-refractivity contribution >= 4 is 5.91 Å². The molecule has 0 aliphatic heterocycles. The van der Waals surface area contributed by atoms with Gasteiger partial charge in [-0.25, -0.2) is 0 Å². The maximum absolute atomic E-state index is 12.2. The zero-order valence-electron chi connectivity index (χ0n) is 13.6. The number of nitrogens with one attached hydrogen (secondary N) is 1. The van der Waals surface area contributed by atoms with Crippen LogP contribution in [-0.2, 0) is 6.42 Å². The van der Waals surface area contributed by atoms with Crippen molar-refractivity contribution in [1.29, 1.82) is 0 Å². The van der Waals surface area contributed by atoms with E-state index in [9.17, 15) is 4.79 Å². The zero-order chi connectivity index (χ0) is 16.8. The Kier molecular flexibility index (Phi) is 4.96. The van der Waals surface area contributed by atoms with Crippen molar-refractivity contribution < 1.29 is 9.53 Å². The third-order valence-electron chi connectivity index (χ3n) is 3.90. The van der Waals surface area contributed by atoms with Gasteiger partial charge in [0.25, 0.3) is 5.91 Å². The quantitative estimate of drug-likeness (QED) is 0.756. The lowest BCUT2D eigenvalue weighted by Crippen LogP contribution is -2.25. The third-order valence-corrected chi connectivity index (χ3v) is 3.90. The van der Waals surface area contributed by atoms with E-state index in [0.29, 0.717) is 12.1 Å². The normalized spacial score (nSPS) is 10.4. The first kappa shape index (κ1) is 15.9. The largest absolute Gasteiger partial charge is 0.496 e. The molecular formula is C20H20N2O2. The first-order valence-corrected chi connectivity index (χ1v) is 7.91. The molecule has 2 aromatic carbocycles. The van der Waals surface area contributed by atoms with Crippen LogP contribution >= 0.6 is 0 Å². The fraction of sp³-hybridized carbons (Fsp3) is 0.150. The van der Waals surface area contributed by atoms with Gasteiger partial charge in [0, 0.05) is 30.2 Å². The topological polar surface area (TPSA) is 43.3 Å². The summed E-state index contributed by atoms with van der Waals surface area (Å²) in [5, 5.41) is 2.95. The van der Waals surface area contributed by atoms with Crippen molar-refractivity contribution in [1.82, 2.24) is 9.88 Å². The Morgan fingerprint density at radius 2 is 1.71 bits per heavy atom. The van der Waals surface area contributed by atoms with Crippen molar-refractivity contribution in [2.45, 2.75) is 6.42 Å². The van der Waals surface area contributed by atoms with Gasteiger partial charge in [-0.3, -0.25) is 4.79 Å². The van der Waals surface area contributed by atoms with Crippen LogP contribution in [-0.4, -0.2) is 24.1 Å². The Labute approximate surface area is 141 Å². The lowest BCUT2D eigenvalue weighted by Gasteiger charge is -2.09. The average Bonchev–Trinajstić information content (AvgIpc) is 3.17. The smallest absolute Gasteiger partial charge is 0.251 e. The number of amides is 1. The second-order valence-corrected chi connectivity index (χ2v) is 5.45. The number of nitrogens with zero attached hydrogens (tertiary/aromatic N) is 1. The summed E-state index contributed by atoms with van der Waals surface area (Å²) < 4.78 is 7.32. The number of hydrogen-bond donors (Lipinski definition) is 1. The summed E-state index contributed by atoms with van der Waals surface area (Å²) in [5.74, 6) is 0.784. The lowest BCUT2D eigenvalue weighted by molar-refractivity contribution is 0.0954. The molecule has 4 heteroatoms. The predicted molar refractivity (Wildman–Crippen MR) is 94.8 cm³/mol. The molecule has 3 aromatic rings. The molecule has 0 unspecified atom stereocenters. The van der Waals surface area contributed by atoms with Gasteiger partial charge in [0.1, 0.15) is 5.75 Å². The molecule has 0 fully saturated rings. The maximum Gasteiger partial charge on any atom is 0.251 e. The van der Waals surface area contributed by atoms with Crippen LogP contribution in [0.5, 0.6) is 5.75 Å². The van der Waals surface area contributed by atoms with Crippen molar-refractivity contribution in [2.24, 2.45) is 0 Å². The number of methoxy groups -OCH3 is 1. The van der Waals surface area contributed by atoms with E-state index < -0.39 is 0 Å². The number of para-hydroxylation sites is 1. The number of ether oxygens (including phenoxy) is 1. The molecule has 1 heterocycles. The number of hydrogen-bond acceptors (Lipinski definition) is 2. The van der Waals surface area contributed by atoms with Gasteiger partial charge >= 0.3 is 0 Å². The van der Waals surface area contributed by atoms with Gasteiger partial charge in [-0.2, -0.15) is 0 Å². The highest BCUT2D eigenvalue weighted by molar-refractivity contribution is 5.94. The van der Waals surface area contributed by atoms with Gasteiger partial charge in [-0.1, -0.05) is 18.2 Å². The average molecular weight is 320 g/mol. The molecule has 0 bridgehead atoms. The monoisotopic (exact) mass is 320 g/mol. The Hall–Kier alpha value is -3.01. The molecule has 0 spiro atoms. The Morgan fingerprint density at radius 1 is 1.00 bits per heavy atom. The van der Waals surface area contributed by atoms with Crippen LogP contribution in [0.25, 0.3) is 5.69 Å². The van der Waals surface area contributed by atoms with E-state index in [2.05, 4.69) is 5.32 Å². The Bertz CT molecular complexity index is 793. The molecule has 1 aromatic heterocycles. The molecule has 0 radical (unpaired) electrons. The molecule has 1 amide bonds. The minimum atomic E-state index is -0.0658. The molecule has 0 saturated carbocycles. The minimum Gasteiger partial charge on any atom is -0.496 e. The molecule has 0 aliphatic carbocycles. The zero-order valence-corrected chi connectivity index (χ0v) is 13.6. The maximum atomic E-state index is 12.2. The first-order valence-electron chi connectivity index (χ1n) is 7.91. The summed E-state index contributed by atoms with van der Waals surface area (Å²) in [7, 11) is 1.66. The van der Waals surface area contributed by atoms with Crippen LogP contribution in [0.3, 0.4) is 0 Å². The molecule has 1 N–H and O–H groups in total. The molecular weight excluding hydrogens is 300 g/mol. The summed E-state index contributed by atoms with van der Waals surface area (Å²) in [4.78, 5) is 12.2. The summed E-state index contributed by atoms with van der Waals surface area (Å²) in [5.41, 5.74) is 2.78. The van der Waals surface area contributed by atoms with E-state index in [-0.39, 0.29) is 5.91 Å². The summed E-state index contributed by atoms with van der Waals surface area (Å²) in [6, 6.07) is 19.4. The standard InChI is InChI=1S/C20H20N2O2/c1-24-19-7-3-2-6-16(19)12-13-21-20(23)17-8-10-18(11-9-17)22-14-4-5-15-22/h2-11,14-15H,12-13H2,1H3,(H,21,23).